The van der Waals surface area contributed by atoms with Crippen molar-refractivity contribution in [3.8, 4) is 11.5 Å². The van der Waals surface area contributed by atoms with E-state index in [0.717, 1.165) is 37.1 Å². The summed E-state index contributed by atoms with van der Waals surface area (Å²) in [6.45, 7) is 1.92. The number of aromatic nitrogens is 2. The lowest BCUT2D eigenvalue weighted by Gasteiger charge is -2.18. The summed E-state index contributed by atoms with van der Waals surface area (Å²) in [5, 5.41) is 17.3. The van der Waals surface area contributed by atoms with E-state index in [4.69, 9.17) is 16.6 Å². The van der Waals surface area contributed by atoms with Crippen LogP contribution in [0.5, 0.6) is 0 Å². The zero-order valence-corrected chi connectivity index (χ0v) is 20.0. The third-order valence-corrected chi connectivity index (χ3v) is 6.17. The lowest BCUT2D eigenvalue weighted by Crippen LogP contribution is -2.38. The Bertz CT molecular complexity index is 1410. The fourth-order valence-electron chi connectivity index (χ4n) is 4.10. The number of nitrogens with zero attached hydrogens (tertiary/aromatic N) is 4. The number of nitro groups is 1. The van der Waals surface area contributed by atoms with Crippen LogP contribution in [0.1, 0.15) is 28.8 Å². The van der Waals surface area contributed by atoms with Crippen molar-refractivity contribution >= 4 is 45.8 Å². The number of fused-ring (bicyclic) bond motifs is 1. The van der Waals surface area contributed by atoms with Crippen LogP contribution in [-0.4, -0.2) is 39.0 Å². The van der Waals surface area contributed by atoms with Crippen LogP contribution in [0.25, 0.3) is 22.7 Å². The summed E-state index contributed by atoms with van der Waals surface area (Å²) in [4.78, 5) is 34.3. The number of hydrogen-bond donors (Lipinski definition) is 2. The molecular weight excluding hydrogens is 480 g/mol. The predicted molar refractivity (Wildman–Crippen MR) is 139 cm³/mol. The first-order valence-electron chi connectivity index (χ1n) is 11.4. The number of anilines is 1. The van der Waals surface area contributed by atoms with E-state index in [0.29, 0.717) is 29.4 Å². The van der Waals surface area contributed by atoms with E-state index in [2.05, 4.69) is 20.6 Å². The van der Waals surface area contributed by atoms with Crippen LogP contribution in [0.3, 0.4) is 0 Å². The number of nitrogens with one attached hydrogen (secondary N) is 2. The van der Waals surface area contributed by atoms with Crippen molar-refractivity contribution in [3.63, 3.8) is 0 Å². The van der Waals surface area contributed by atoms with Crippen molar-refractivity contribution in [2.45, 2.75) is 19.4 Å². The first-order valence-corrected chi connectivity index (χ1v) is 11.8. The Morgan fingerprint density at radius 2 is 1.92 bits per heavy atom. The lowest BCUT2D eigenvalue weighted by molar-refractivity contribution is -0.384. The standard InChI is InChI=1S/C25H22N6O4S/c32-23(18-9-10-19(20(14-18)31(33)34)30-12-1-2-13-30)29-25(36)27-15-16-5-7-17(8-6-16)24-28-22-21(35-24)4-3-11-26-22/h3-11,14H,1-2,12-13,15H2,(H2,27,29,32,36). The molecule has 0 saturated carbocycles. The number of benzene rings is 2. The maximum atomic E-state index is 12.7. The molecular formula is C25H22N6O4S. The van der Waals surface area contributed by atoms with Gasteiger partial charge in [-0.1, -0.05) is 12.1 Å². The normalized spacial score (nSPS) is 13.1. The molecule has 0 aliphatic carbocycles. The van der Waals surface area contributed by atoms with Crippen molar-refractivity contribution in [3.05, 3.63) is 82.0 Å². The fraction of sp³-hybridized carbons (Fsp3) is 0.200. The quantitative estimate of drug-likeness (QED) is 0.226. The Kier molecular flexibility index (Phi) is 6.54. The molecule has 0 unspecified atom stereocenters. The molecule has 5 rings (SSSR count). The molecule has 2 aromatic carbocycles. The van der Waals surface area contributed by atoms with Crippen LogP contribution >= 0.6 is 12.2 Å². The average molecular weight is 503 g/mol. The number of rotatable bonds is 6. The number of thiocarbonyl (C=S) groups is 1. The van der Waals surface area contributed by atoms with Crippen LogP contribution < -0.4 is 15.5 Å². The molecule has 1 amide bonds. The fourth-order valence-corrected chi connectivity index (χ4v) is 4.26. The van der Waals surface area contributed by atoms with Crippen molar-refractivity contribution in [1.29, 1.82) is 0 Å². The molecule has 0 radical (unpaired) electrons. The van der Waals surface area contributed by atoms with E-state index in [1.165, 1.54) is 6.07 Å². The van der Waals surface area contributed by atoms with Crippen LogP contribution in [0, 0.1) is 10.1 Å². The highest BCUT2D eigenvalue weighted by Gasteiger charge is 2.24. The number of carbonyl (C=O) groups is 1. The first-order chi connectivity index (χ1) is 17.5. The third-order valence-electron chi connectivity index (χ3n) is 5.93. The highest BCUT2D eigenvalue weighted by Crippen LogP contribution is 2.31. The number of amides is 1. The van der Waals surface area contributed by atoms with E-state index < -0.39 is 10.8 Å². The van der Waals surface area contributed by atoms with Crippen molar-refractivity contribution in [2.24, 2.45) is 0 Å². The first kappa shape index (κ1) is 23.4. The second-order valence-corrected chi connectivity index (χ2v) is 8.74. The lowest BCUT2D eigenvalue weighted by atomic mass is 10.1. The molecule has 2 N–H and O–H groups in total. The molecule has 11 heteroatoms. The van der Waals surface area contributed by atoms with Gasteiger partial charge in [0.2, 0.25) is 5.89 Å². The Morgan fingerprint density at radius 3 is 2.64 bits per heavy atom. The number of hydrogen-bond acceptors (Lipinski definition) is 8. The summed E-state index contributed by atoms with van der Waals surface area (Å²) in [6, 6.07) is 15.7. The molecule has 0 spiro atoms. The third kappa shape index (κ3) is 5.01. The SMILES string of the molecule is O=C(NC(=S)NCc1ccc(-c2nc3ncccc3o2)cc1)c1ccc(N2CCCC2)c([N+](=O)[O-])c1. The molecule has 1 aliphatic rings. The van der Waals surface area contributed by atoms with Gasteiger partial charge in [0.1, 0.15) is 5.69 Å². The molecule has 2 aromatic heterocycles. The van der Waals surface area contributed by atoms with Gasteiger partial charge >= 0.3 is 0 Å². The molecule has 3 heterocycles. The zero-order chi connectivity index (χ0) is 25.1. The minimum atomic E-state index is -0.511. The Hall–Kier alpha value is -4.38. The minimum absolute atomic E-state index is 0.0850. The second kappa shape index (κ2) is 10.1. The van der Waals surface area contributed by atoms with E-state index in [9.17, 15) is 14.9 Å². The van der Waals surface area contributed by atoms with Gasteiger partial charge in [-0.05, 0) is 67.0 Å². The van der Waals surface area contributed by atoms with Crippen LogP contribution in [-0.2, 0) is 6.54 Å². The van der Waals surface area contributed by atoms with Crippen LogP contribution in [0.2, 0.25) is 0 Å². The molecule has 4 aromatic rings. The van der Waals surface area contributed by atoms with Gasteiger partial charge in [-0.25, -0.2) is 4.98 Å². The smallest absolute Gasteiger partial charge is 0.293 e. The Morgan fingerprint density at radius 1 is 1.14 bits per heavy atom. The van der Waals surface area contributed by atoms with Gasteiger partial charge in [0.15, 0.2) is 16.3 Å². The predicted octanol–water partition coefficient (Wildman–Crippen LogP) is 4.20. The zero-order valence-electron chi connectivity index (χ0n) is 19.1. The summed E-state index contributed by atoms with van der Waals surface area (Å²) in [5.41, 5.74) is 3.53. The van der Waals surface area contributed by atoms with Gasteiger partial charge < -0.3 is 14.6 Å². The summed E-state index contributed by atoms with van der Waals surface area (Å²) >= 11 is 5.25. The maximum absolute atomic E-state index is 12.7. The molecule has 10 nitrogen and oxygen atoms in total. The van der Waals surface area contributed by atoms with Gasteiger partial charge in [0.25, 0.3) is 11.6 Å². The summed E-state index contributed by atoms with van der Waals surface area (Å²) in [5.74, 6) is -0.0284. The highest BCUT2D eigenvalue weighted by atomic mass is 32.1. The van der Waals surface area contributed by atoms with Gasteiger partial charge in [0.05, 0.1) is 4.92 Å². The van der Waals surface area contributed by atoms with Gasteiger partial charge in [-0.15, -0.1) is 0 Å². The van der Waals surface area contributed by atoms with E-state index >= 15 is 0 Å². The number of oxazole rings is 1. The second-order valence-electron chi connectivity index (χ2n) is 8.33. The van der Waals surface area contributed by atoms with Gasteiger partial charge in [0, 0.05) is 43.0 Å². The molecule has 36 heavy (non-hydrogen) atoms. The topological polar surface area (TPSA) is 126 Å². The van der Waals surface area contributed by atoms with Gasteiger partial charge in [-0.3, -0.25) is 20.2 Å². The summed E-state index contributed by atoms with van der Waals surface area (Å²) in [7, 11) is 0. The van der Waals surface area contributed by atoms with Gasteiger partial charge in [-0.2, -0.15) is 4.98 Å². The molecule has 1 saturated heterocycles. The van der Waals surface area contributed by atoms with Crippen molar-refractivity contribution in [1.82, 2.24) is 20.6 Å². The molecule has 182 valence electrons. The monoisotopic (exact) mass is 502 g/mol. The van der Waals surface area contributed by atoms with Crippen molar-refractivity contribution < 1.29 is 14.1 Å². The Labute approximate surface area is 211 Å². The maximum Gasteiger partial charge on any atom is 0.293 e. The summed E-state index contributed by atoms with van der Waals surface area (Å²) < 4.78 is 5.73. The molecule has 1 fully saturated rings. The van der Waals surface area contributed by atoms with Crippen molar-refractivity contribution in [2.75, 3.05) is 18.0 Å². The van der Waals surface area contributed by atoms with Crippen LogP contribution in [0.15, 0.2) is 65.2 Å². The molecule has 0 atom stereocenters. The molecule has 1 aliphatic heterocycles. The summed E-state index contributed by atoms with van der Waals surface area (Å²) in [6.07, 6.45) is 3.66. The molecule has 0 bridgehead atoms. The highest BCUT2D eigenvalue weighted by molar-refractivity contribution is 7.80. The number of pyridine rings is 1. The van der Waals surface area contributed by atoms with E-state index in [1.807, 2.05) is 35.2 Å². The Balaban J connectivity index is 1.19. The number of nitro benzene ring substituents is 1. The minimum Gasteiger partial charge on any atom is -0.434 e. The van der Waals surface area contributed by atoms with Crippen LogP contribution in [0.4, 0.5) is 11.4 Å². The number of carbonyl (C=O) groups excluding carboxylic acids is 1. The van der Waals surface area contributed by atoms with E-state index in [1.54, 1.807) is 24.4 Å². The van der Waals surface area contributed by atoms with E-state index in [-0.39, 0.29) is 16.4 Å². The average Bonchev–Trinajstić information content (AvgIpc) is 3.58. The largest absolute Gasteiger partial charge is 0.434 e.